The van der Waals surface area contributed by atoms with E-state index in [1.54, 1.807) is 24.3 Å². The number of aryl methyl sites for hydroxylation is 1. The van der Waals surface area contributed by atoms with E-state index in [9.17, 15) is 18.9 Å². The minimum atomic E-state index is -2.90. The Morgan fingerprint density at radius 3 is 2.48 bits per heavy atom. The molecule has 2 N–H and O–H groups in total. The van der Waals surface area contributed by atoms with Gasteiger partial charge in [-0.15, -0.1) is 24.0 Å². The number of non-ortho nitro benzene ring substituents is 1. The van der Waals surface area contributed by atoms with Crippen LogP contribution in [-0.2, 0) is 13.1 Å². The van der Waals surface area contributed by atoms with Crippen molar-refractivity contribution in [2.45, 2.75) is 33.5 Å². The largest absolute Gasteiger partial charge is 0.434 e. The maximum atomic E-state index is 12.6. The first-order chi connectivity index (χ1) is 13.4. The number of guanidine groups is 1. The van der Waals surface area contributed by atoms with Crippen molar-refractivity contribution in [3.63, 3.8) is 0 Å². The standard InChI is InChI=1S/C19H22F2N4O3.HI/c1-3-22-19(23-11-14-5-7-16(8-6-14)25(26)27)24-12-15-10-13(2)4-9-17(15)28-18(20)21;/h4-10,18H,3,11-12H2,1-2H3,(H2,22,23,24);1H. The van der Waals surface area contributed by atoms with Gasteiger partial charge < -0.3 is 15.4 Å². The zero-order valence-corrected chi connectivity index (χ0v) is 18.4. The van der Waals surface area contributed by atoms with E-state index < -0.39 is 11.5 Å². The topological polar surface area (TPSA) is 88.8 Å². The van der Waals surface area contributed by atoms with E-state index in [-0.39, 0.29) is 42.0 Å². The molecule has 2 aromatic carbocycles. The van der Waals surface area contributed by atoms with E-state index in [2.05, 4.69) is 20.4 Å². The molecule has 158 valence electrons. The number of benzene rings is 2. The fourth-order valence-corrected chi connectivity index (χ4v) is 2.47. The zero-order valence-electron chi connectivity index (χ0n) is 16.0. The molecule has 29 heavy (non-hydrogen) atoms. The molecule has 0 spiro atoms. The summed E-state index contributed by atoms with van der Waals surface area (Å²) in [5, 5.41) is 16.9. The highest BCUT2D eigenvalue weighted by molar-refractivity contribution is 14.0. The van der Waals surface area contributed by atoms with Gasteiger partial charge in [0.05, 0.1) is 11.5 Å². The summed E-state index contributed by atoms with van der Waals surface area (Å²) < 4.78 is 29.7. The summed E-state index contributed by atoms with van der Waals surface area (Å²) >= 11 is 0. The number of hydrogen-bond donors (Lipinski definition) is 2. The highest BCUT2D eigenvalue weighted by atomic mass is 127. The quantitative estimate of drug-likeness (QED) is 0.177. The van der Waals surface area contributed by atoms with Crippen molar-refractivity contribution in [1.29, 1.82) is 0 Å². The minimum absolute atomic E-state index is 0. The van der Waals surface area contributed by atoms with Gasteiger partial charge in [-0.3, -0.25) is 10.1 Å². The Hall–Kier alpha value is -2.50. The number of nitrogens with zero attached hydrogens (tertiary/aromatic N) is 2. The van der Waals surface area contributed by atoms with Gasteiger partial charge in [0.2, 0.25) is 0 Å². The van der Waals surface area contributed by atoms with Crippen molar-refractivity contribution in [3.05, 3.63) is 69.3 Å². The first kappa shape index (κ1) is 24.5. The second-order valence-electron chi connectivity index (χ2n) is 5.96. The fourth-order valence-electron chi connectivity index (χ4n) is 2.47. The van der Waals surface area contributed by atoms with Crippen LogP contribution in [0.15, 0.2) is 47.5 Å². The Morgan fingerprint density at radius 1 is 1.21 bits per heavy atom. The Balaban J connectivity index is 0.00000420. The Bertz CT molecular complexity index is 833. The van der Waals surface area contributed by atoms with Crippen molar-refractivity contribution in [1.82, 2.24) is 10.6 Å². The first-order valence-electron chi connectivity index (χ1n) is 8.69. The maximum absolute atomic E-state index is 12.6. The van der Waals surface area contributed by atoms with Gasteiger partial charge in [0.15, 0.2) is 5.96 Å². The van der Waals surface area contributed by atoms with Crippen LogP contribution in [0, 0.1) is 17.0 Å². The van der Waals surface area contributed by atoms with Crippen LogP contribution >= 0.6 is 24.0 Å². The van der Waals surface area contributed by atoms with Crippen molar-refractivity contribution in [3.8, 4) is 5.75 Å². The summed E-state index contributed by atoms with van der Waals surface area (Å²) in [6, 6.07) is 11.1. The third-order valence-electron chi connectivity index (χ3n) is 3.79. The van der Waals surface area contributed by atoms with Crippen molar-refractivity contribution >= 4 is 35.6 Å². The van der Waals surface area contributed by atoms with Gasteiger partial charge >= 0.3 is 6.61 Å². The van der Waals surface area contributed by atoms with Crippen LogP contribution in [0.5, 0.6) is 5.75 Å². The number of halogens is 3. The molecular formula is C19H23F2IN4O3. The van der Waals surface area contributed by atoms with Gasteiger partial charge in [-0.1, -0.05) is 29.8 Å². The van der Waals surface area contributed by atoms with Gasteiger partial charge in [-0.25, -0.2) is 4.99 Å². The minimum Gasteiger partial charge on any atom is -0.434 e. The second kappa shape index (κ2) is 12.1. The van der Waals surface area contributed by atoms with Crippen LogP contribution in [0.1, 0.15) is 23.6 Å². The van der Waals surface area contributed by atoms with E-state index in [4.69, 9.17) is 0 Å². The summed E-state index contributed by atoms with van der Waals surface area (Å²) in [7, 11) is 0. The monoisotopic (exact) mass is 520 g/mol. The van der Waals surface area contributed by atoms with Crippen LogP contribution in [0.25, 0.3) is 0 Å². The molecular weight excluding hydrogens is 497 g/mol. The molecule has 0 atom stereocenters. The lowest BCUT2D eigenvalue weighted by Gasteiger charge is -2.15. The summed E-state index contributed by atoms with van der Waals surface area (Å²) in [6.07, 6.45) is 0. The predicted molar refractivity (Wildman–Crippen MR) is 118 cm³/mol. The molecule has 0 aliphatic rings. The molecule has 0 radical (unpaired) electrons. The van der Waals surface area contributed by atoms with Gasteiger partial charge in [0.25, 0.3) is 5.69 Å². The Labute approximate surface area is 184 Å². The molecule has 0 aliphatic heterocycles. The summed E-state index contributed by atoms with van der Waals surface area (Å²) in [5.74, 6) is 0.602. The summed E-state index contributed by atoms with van der Waals surface area (Å²) in [5.41, 5.74) is 2.33. The summed E-state index contributed by atoms with van der Waals surface area (Å²) in [6.45, 7) is 2.04. The molecule has 0 aromatic heterocycles. The molecule has 0 saturated heterocycles. The van der Waals surface area contributed by atoms with Crippen LogP contribution in [0.3, 0.4) is 0 Å². The SMILES string of the molecule is CCNC(=NCc1ccc([N+](=O)[O-])cc1)NCc1cc(C)ccc1OC(F)F.I. The predicted octanol–water partition coefficient (Wildman–Crippen LogP) is 4.38. The highest BCUT2D eigenvalue weighted by Gasteiger charge is 2.10. The first-order valence-corrected chi connectivity index (χ1v) is 8.69. The zero-order chi connectivity index (χ0) is 20.5. The number of ether oxygens (including phenoxy) is 1. The average Bonchev–Trinajstić information content (AvgIpc) is 2.66. The lowest BCUT2D eigenvalue weighted by molar-refractivity contribution is -0.384. The molecule has 0 heterocycles. The van der Waals surface area contributed by atoms with Crippen LogP contribution in [0.4, 0.5) is 14.5 Å². The fraction of sp³-hybridized carbons (Fsp3) is 0.316. The number of aliphatic imine (C=N–C) groups is 1. The second-order valence-corrected chi connectivity index (χ2v) is 5.96. The van der Waals surface area contributed by atoms with E-state index in [0.29, 0.717) is 24.6 Å². The van der Waals surface area contributed by atoms with Crippen LogP contribution < -0.4 is 15.4 Å². The molecule has 2 aromatic rings. The lowest BCUT2D eigenvalue weighted by Crippen LogP contribution is -2.36. The van der Waals surface area contributed by atoms with Crippen LogP contribution in [-0.4, -0.2) is 24.0 Å². The molecule has 0 bridgehead atoms. The Kier molecular flexibility index (Phi) is 10.3. The molecule has 0 amide bonds. The average molecular weight is 520 g/mol. The number of alkyl halides is 2. The third kappa shape index (κ3) is 8.18. The molecule has 0 fully saturated rings. The van der Waals surface area contributed by atoms with Crippen LogP contribution in [0.2, 0.25) is 0 Å². The molecule has 0 saturated carbocycles. The third-order valence-corrected chi connectivity index (χ3v) is 3.79. The maximum Gasteiger partial charge on any atom is 0.387 e. The molecule has 0 unspecified atom stereocenters. The highest BCUT2D eigenvalue weighted by Crippen LogP contribution is 2.22. The molecule has 2 rings (SSSR count). The number of nitro groups is 1. The normalized spacial score (nSPS) is 11.0. The molecule has 10 heteroatoms. The van der Waals surface area contributed by atoms with E-state index >= 15 is 0 Å². The van der Waals surface area contributed by atoms with E-state index in [1.165, 1.54) is 18.2 Å². The van der Waals surface area contributed by atoms with Gasteiger partial charge in [-0.05, 0) is 25.5 Å². The van der Waals surface area contributed by atoms with E-state index in [1.807, 2.05) is 13.8 Å². The van der Waals surface area contributed by atoms with Gasteiger partial charge in [0.1, 0.15) is 5.75 Å². The summed E-state index contributed by atoms with van der Waals surface area (Å²) in [4.78, 5) is 14.7. The number of rotatable bonds is 8. The van der Waals surface area contributed by atoms with E-state index in [0.717, 1.165) is 11.1 Å². The number of nitrogens with one attached hydrogen (secondary N) is 2. The number of nitro benzene ring substituents is 1. The van der Waals surface area contributed by atoms with Gasteiger partial charge in [0, 0.05) is 30.8 Å². The Morgan fingerprint density at radius 2 is 1.90 bits per heavy atom. The molecule has 0 aliphatic carbocycles. The van der Waals surface area contributed by atoms with Crippen molar-refractivity contribution in [2.24, 2.45) is 4.99 Å². The lowest BCUT2D eigenvalue weighted by atomic mass is 10.1. The number of hydrogen-bond acceptors (Lipinski definition) is 4. The van der Waals surface area contributed by atoms with Gasteiger partial charge in [-0.2, -0.15) is 8.78 Å². The van der Waals surface area contributed by atoms with Crippen molar-refractivity contribution < 1.29 is 18.4 Å². The molecule has 7 nitrogen and oxygen atoms in total. The smallest absolute Gasteiger partial charge is 0.387 e. The van der Waals surface area contributed by atoms with Crippen molar-refractivity contribution in [2.75, 3.05) is 6.54 Å².